The van der Waals surface area contributed by atoms with E-state index < -0.39 is 59.6 Å². The van der Waals surface area contributed by atoms with Gasteiger partial charge < -0.3 is 30.5 Å². The summed E-state index contributed by atoms with van der Waals surface area (Å²) in [6.07, 6.45) is -0.522. The minimum Gasteiger partial charge on any atom is -0.372 e. The number of benzene rings is 1. The van der Waals surface area contributed by atoms with E-state index in [2.05, 4.69) is 25.9 Å². The zero-order valence-corrected chi connectivity index (χ0v) is 30.3. The number of rotatable bonds is 12. The number of carbonyl (C=O) groups excluding carboxylic acids is 4. The highest BCUT2D eigenvalue weighted by molar-refractivity contribution is 6.01. The largest absolute Gasteiger partial charge is 0.372 e. The predicted molar refractivity (Wildman–Crippen MR) is 185 cm³/mol. The fraction of sp³-hybridized carbons (Fsp3) is 0.583. The quantitative estimate of drug-likeness (QED) is 0.300. The third kappa shape index (κ3) is 9.36. The molecule has 15 heteroatoms. The number of anilines is 1. The van der Waals surface area contributed by atoms with E-state index >= 15 is 4.39 Å². The molecular weight excluding hydrogens is 667 g/mol. The van der Waals surface area contributed by atoms with Gasteiger partial charge >= 0.3 is 0 Å². The zero-order valence-electron chi connectivity index (χ0n) is 30.3. The molecule has 2 aromatic rings. The molecule has 1 aliphatic carbocycles. The lowest BCUT2D eigenvalue weighted by atomic mass is 9.76. The lowest BCUT2D eigenvalue weighted by Crippen LogP contribution is -2.58. The van der Waals surface area contributed by atoms with Gasteiger partial charge in [0.25, 0.3) is 12.0 Å². The minimum absolute atomic E-state index is 0.0662. The second-order valence-corrected chi connectivity index (χ2v) is 13.7. The number of nitrogens with zero attached hydrogens (tertiary/aromatic N) is 4. The summed E-state index contributed by atoms with van der Waals surface area (Å²) in [6.45, 7) is 10.7. The number of amides is 4. The molecule has 1 aliphatic heterocycles. The topological polar surface area (TPSA) is 138 Å². The average molecular weight is 718 g/mol. The molecule has 3 unspecified atom stereocenters. The molecule has 2 heterocycles. The maximum absolute atomic E-state index is 15.8. The lowest BCUT2D eigenvalue weighted by molar-refractivity contribution is -0.141. The van der Waals surface area contributed by atoms with E-state index in [0.29, 0.717) is 44.6 Å². The molecule has 1 saturated heterocycles. The van der Waals surface area contributed by atoms with Crippen molar-refractivity contribution in [3.05, 3.63) is 59.2 Å². The highest BCUT2D eigenvalue weighted by Crippen LogP contribution is 2.38. The smallest absolute Gasteiger partial charge is 0.270 e. The van der Waals surface area contributed by atoms with E-state index in [9.17, 15) is 28.0 Å². The van der Waals surface area contributed by atoms with Crippen LogP contribution in [0.4, 0.5) is 18.9 Å². The van der Waals surface area contributed by atoms with Crippen molar-refractivity contribution >= 4 is 29.3 Å². The van der Waals surface area contributed by atoms with E-state index in [0.717, 1.165) is 0 Å². The summed E-state index contributed by atoms with van der Waals surface area (Å²) in [7, 11) is 3.36. The Balaban J connectivity index is 1.59. The van der Waals surface area contributed by atoms with Gasteiger partial charge in [-0.25, -0.2) is 4.39 Å². The van der Waals surface area contributed by atoms with Crippen molar-refractivity contribution in [2.24, 2.45) is 11.8 Å². The second-order valence-electron chi connectivity index (χ2n) is 13.7. The molecule has 51 heavy (non-hydrogen) atoms. The van der Waals surface area contributed by atoms with Crippen molar-refractivity contribution in [2.45, 2.75) is 90.6 Å². The Kier molecular flexibility index (Phi) is 13.4. The van der Waals surface area contributed by atoms with Crippen LogP contribution in [-0.2, 0) is 25.7 Å². The first-order valence-corrected chi connectivity index (χ1v) is 17.5. The fourth-order valence-corrected chi connectivity index (χ4v) is 6.70. The molecule has 0 spiro atoms. The Morgan fingerprint density at radius 2 is 1.76 bits per heavy atom. The van der Waals surface area contributed by atoms with Crippen LogP contribution in [0.3, 0.4) is 0 Å². The first kappa shape index (κ1) is 39.5. The number of hydrogen-bond acceptors (Lipinski definition) is 7. The third-order valence-electron chi connectivity index (χ3n) is 10.4. The van der Waals surface area contributed by atoms with Crippen molar-refractivity contribution in [2.75, 3.05) is 39.1 Å². The van der Waals surface area contributed by atoms with Crippen LogP contribution in [0.25, 0.3) is 0 Å². The number of hydrogen-bond donors (Lipinski definition) is 3. The van der Waals surface area contributed by atoms with Gasteiger partial charge in [0.2, 0.25) is 17.7 Å². The summed E-state index contributed by atoms with van der Waals surface area (Å²) < 4.78 is 50.1. The molecule has 1 aromatic carbocycles. The predicted octanol–water partition coefficient (Wildman–Crippen LogP) is 4.15. The number of likely N-dealkylation sites (N-methyl/N-ethyl adjacent to an activating group) is 1. The van der Waals surface area contributed by atoms with Gasteiger partial charge in [-0.05, 0) is 88.3 Å². The van der Waals surface area contributed by atoms with Crippen LogP contribution in [0.1, 0.15) is 75.9 Å². The molecule has 1 aromatic heterocycles. The number of ether oxygens (including phenoxy) is 1. The average Bonchev–Trinajstić information content (AvgIpc) is 3.60. The number of halogens is 3. The molecule has 1 saturated carbocycles. The van der Waals surface area contributed by atoms with E-state index in [1.54, 1.807) is 38.7 Å². The molecule has 2 fully saturated rings. The summed E-state index contributed by atoms with van der Waals surface area (Å²) in [6, 6.07) is 3.38. The highest BCUT2D eigenvalue weighted by atomic mass is 19.3. The van der Waals surface area contributed by atoms with Gasteiger partial charge in [0.05, 0.1) is 5.69 Å². The van der Waals surface area contributed by atoms with Crippen molar-refractivity contribution in [3.8, 4) is 0 Å². The minimum atomic E-state index is -1.80. The van der Waals surface area contributed by atoms with Crippen molar-refractivity contribution in [1.29, 1.82) is 0 Å². The number of aromatic nitrogens is 2. The van der Waals surface area contributed by atoms with Crippen molar-refractivity contribution < 1.29 is 37.1 Å². The normalized spacial score (nSPS) is 22.0. The molecule has 0 radical (unpaired) electrons. The van der Waals surface area contributed by atoms with Crippen LogP contribution in [0.2, 0.25) is 0 Å². The molecular formula is C36H50F3N7O5. The summed E-state index contributed by atoms with van der Waals surface area (Å²) in [4.78, 5) is 57.7. The van der Waals surface area contributed by atoms with Gasteiger partial charge in [-0.1, -0.05) is 19.9 Å². The lowest BCUT2D eigenvalue weighted by Gasteiger charge is -2.40. The van der Waals surface area contributed by atoms with E-state index in [-0.39, 0.29) is 41.2 Å². The van der Waals surface area contributed by atoms with Crippen LogP contribution in [0.5, 0.6) is 0 Å². The number of piperazine rings is 1. The number of nitrogens with one attached hydrogen (secondary N) is 3. The molecule has 4 amide bonds. The van der Waals surface area contributed by atoms with E-state index in [1.165, 1.54) is 36.2 Å². The number of allylic oxidation sites excluding steroid dienone is 1. The molecule has 3 N–H and O–H groups in total. The van der Waals surface area contributed by atoms with Gasteiger partial charge in [-0.2, -0.15) is 13.9 Å². The Bertz CT molecular complexity index is 1610. The van der Waals surface area contributed by atoms with Crippen molar-refractivity contribution in [3.63, 3.8) is 0 Å². The van der Waals surface area contributed by atoms with Crippen LogP contribution in [0.15, 0.2) is 42.1 Å². The van der Waals surface area contributed by atoms with Crippen LogP contribution >= 0.6 is 0 Å². The van der Waals surface area contributed by atoms with E-state index in [4.69, 9.17) is 4.74 Å². The molecule has 12 nitrogen and oxygen atoms in total. The Morgan fingerprint density at radius 3 is 2.39 bits per heavy atom. The first-order valence-electron chi connectivity index (χ1n) is 17.5. The number of aryl methyl sites for hydroxylation is 1. The number of methoxy groups -OCH3 is 1. The summed E-state index contributed by atoms with van der Waals surface area (Å²) >= 11 is 0. The van der Waals surface area contributed by atoms with E-state index in [1.807, 2.05) is 14.0 Å². The van der Waals surface area contributed by atoms with Crippen LogP contribution in [0, 0.1) is 17.7 Å². The Hall–Kier alpha value is -4.24. The molecule has 2 aliphatic rings. The molecule has 4 rings (SSSR count). The maximum Gasteiger partial charge on any atom is 0.270 e. The Morgan fingerprint density at radius 1 is 1.04 bits per heavy atom. The van der Waals surface area contributed by atoms with Crippen LogP contribution in [-0.4, -0.2) is 101 Å². The summed E-state index contributed by atoms with van der Waals surface area (Å²) in [5, 5.41) is 12.2. The second kappa shape index (κ2) is 17.3. The zero-order chi connectivity index (χ0) is 37.6. The van der Waals surface area contributed by atoms with Gasteiger partial charge in [0.1, 0.15) is 29.7 Å². The van der Waals surface area contributed by atoms with Gasteiger partial charge in [-0.15, -0.1) is 0 Å². The van der Waals surface area contributed by atoms with Crippen molar-refractivity contribution in [1.82, 2.24) is 30.2 Å². The summed E-state index contributed by atoms with van der Waals surface area (Å²) in [5.74, 6) is -4.72. The van der Waals surface area contributed by atoms with Gasteiger partial charge in [0, 0.05) is 51.4 Å². The van der Waals surface area contributed by atoms with Crippen LogP contribution < -0.4 is 16.0 Å². The SMILES string of the molecule is CCn1nccc1C(=O)NC(C(=O)Nc1ccc([C@H](C)[C@@H](NC(=O)[C@H](C)OC)C(=O)N2CCN(C)[C@H](C)C2)cc1F)C1CCC(C)C(=C(F)F)C1. The number of carbonyl (C=O) groups is 4. The fourth-order valence-electron chi connectivity index (χ4n) is 6.70. The highest BCUT2D eigenvalue weighted by Gasteiger charge is 2.38. The molecule has 0 bridgehead atoms. The summed E-state index contributed by atoms with van der Waals surface area (Å²) in [5.41, 5.74) is 0.323. The van der Waals surface area contributed by atoms with Gasteiger partial charge in [0.15, 0.2) is 0 Å². The molecule has 7 atom stereocenters. The molecule has 280 valence electrons. The third-order valence-corrected chi connectivity index (χ3v) is 10.4. The van der Waals surface area contributed by atoms with Gasteiger partial charge in [-0.3, -0.25) is 23.9 Å². The monoisotopic (exact) mass is 717 g/mol. The standard InChI is InChI=1S/C36H50F3N7O5/c1-8-46-29(13-14-40-46)34(48)43-31(25-10-9-20(2)26(17-25)32(38)39)35(49)41-28-12-11-24(18-27(28)37)22(4)30(42-33(47)23(5)51-7)36(50)45-16-15-44(6)21(3)19-45/h11-14,18,20-23,25,30-31H,8-10,15-17,19H2,1-7H3,(H,41,49)(H,42,47)(H,43,48)/t20?,21-,22+,23+,25?,30-,31?/m1/s1. The maximum atomic E-state index is 15.8. The first-order chi connectivity index (χ1) is 24.2. The Labute approximate surface area is 297 Å².